The molecule has 1 heterocycles. The van der Waals surface area contributed by atoms with E-state index < -0.39 is 0 Å². The molecule has 0 saturated heterocycles. The molecule has 0 aliphatic heterocycles. The first kappa shape index (κ1) is 10.6. The maximum absolute atomic E-state index is 3.72. The zero-order valence-electron chi connectivity index (χ0n) is 6.98. The van der Waals surface area contributed by atoms with Crippen molar-refractivity contribution in [2.24, 2.45) is 0 Å². The summed E-state index contributed by atoms with van der Waals surface area (Å²) in [5, 5.41) is 0. The Labute approximate surface area is 72.8 Å². The van der Waals surface area contributed by atoms with Crippen LogP contribution in [0, 0.1) is 0 Å². The van der Waals surface area contributed by atoms with Gasteiger partial charge < -0.3 is 5.48 Å². The van der Waals surface area contributed by atoms with Gasteiger partial charge in [-0.2, -0.15) is 4.57 Å². The summed E-state index contributed by atoms with van der Waals surface area (Å²) in [5.41, 5.74) is 1.12. The molecule has 12 heavy (non-hydrogen) atoms. The van der Waals surface area contributed by atoms with Crippen molar-refractivity contribution in [3.8, 4) is 0 Å². The summed E-state index contributed by atoms with van der Waals surface area (Å²) in [6.07, 6.45) is 5.72. The normalized spacial score (nSPS) is 8.33. The van der Waals surface area contributed by atoms with Gasteiger partial charge in [-0.1, -0.05) is 13.2 Å². The Morgan fingerprint density at radius 2 is 2.08 bits per heavy atom. The minimum absolute atomic E-state index is 0. The maximum Gasteiger partial charge on any atom is 0.204 e. The van der Waals surface area contributed by atoms with Gasteiger partial charge in [-0.05, 0) is 12.1 Å². The number of pyridine rings is 1. The molecule has 0 atom stereocenters. The summed E-state index contributed by atoms with van der Waals surface area (Å²) < 4.78 is 2.08. The van der Waals surface area contributed by atoms with Crippen LogP contribution in [0.25, 0.3) is 6.08 Å². The van der Waals surface area contributed by atoms with E-state index >= 15 is 0 Å². The van der Waals surface area contributed by atoms with Crippen LogP contribution in [0.2, 0.25) is 0 Å². The van der Waals surface area contributed by atoms with Crippen molar-refractivity contribution in [1.82, 2.24) is 0 Å². The van der Waals surface area contributed by atoms with Gasteiger partial charge in [0.2, 0.25) is 5.69 Å². The van der Waals surface area contributed by atoms with Crippen molar-refractivity contribution in [2.75, 3.05) is 0 Å². The SMILES string of the molecule is C=CC[n+]1ccccc1C=C.[OH-]. The lowest BCUT2D eigenvalue weighted by Crippen LogP contribution is -2.35. The Morgan fingerprint density at radius 3 is 2.67 bits per heavy atom. The second-order valence-corrected chi connectivity index (χ2v) is 2.27. The number of hydrogen-bond acceptors (Lipinski definition) is 1. The molecule has 64 valence electrons. The highest BCUT2D eigenvalue weighted by molar-refractivity contribution is 5.36. The molecule has 2 heteroatoms. The summed E-state index contributed by atoms with van der Waals surface area (Å²) in [5.74, 6) is 0. The smallest absolute Gasteiger partial charge is 0.204 e. The van der Waals surface area contributed by atoms with E-state index in [1.54, 1.807) is 0 Å². The molecule has 0 aromatic carbocycles. The number of rotatable bonds is 3. The van der Waals surface area contributed by atoms with E-state index in [0.717, 1.165) is 12.2 Å². The van der Waals surface area contributed by atoms with Gasteiger partial charge in [0.1, 0.15) is 0 Å². The highest BCUT2D eigenvalue weighted by Crippen LogP contribution is 1.91. The lowest BCUT2D eigenvalue weighted by Gasteiger charge is -1.94. The quantitative estimate of drug-likeness (QED) is 0.492. The topological polar surface area (TPSA) is 33.9 Å². The zero-order valence-corrected chi connectivity index (χ0v) is 6.98. The van der Waals surface area contributed by atoms with Crippen molar-refractivity contribution in [2.45, 2.75) is 6.54 Å². The van der Waals surface area contributed by atoms with Crippen molar-refractivity contribution in [3.05, 3.63) is 49.3 Å². The first-order chi connectivity index (χ1) is 5.38. The minimum Gasteiger partial charge on any atom is -0.870 e. The zero-order chi connectivity index (χ0) is 8.10. The number of allylic oxidation sites excluding steroid dienone is 1. The third-order valence-electron chi connectivity index (χ3n) is 1.51. The van der Waals surface area contributed by atoms with Crippen LogP contribution in [0.4, 0.5) is 0 Å². The molecule has 1 aromatic rings. The number of aromatic nitrogens is 1. The minimum atomic E-state index is 0. The van der Waals surface area contributed by atoms with Crippen LogP contribution in [0.5, 0.6) is 0 Å². The first-order valence-corrected chi connectivity index (χ1v) is 3.60. The van der Waals surface area contributed by atoms with Crippen LogP contribution in [-0.2, 0) is 6.54 Å². The molecule has 0 radical (unpaired) electrons. The number of nitrogens with zero attached hydrogens (tertiary/aromatic N) is 1. The highest BCUT2D eigenvalue weighted by Gasteiger charge is 2.00. The third kappa shape index (κ3) is 2.32. The molecule has 0 spiro atoms. The van der Waals surface area contributed by atoms with Gasteiger partial charge in [0, 0.05) is 18.2 Å². The van der Waals surface area contributed by atoms with E-state index in [1.165, 1.54) is 0 Å². The van der Waals surface area contributed by atoms with E-state index in [2.05, 4.69) is 17.7 Å². The average Bonchev–Trinajstić information content (AvgIpc) is 2.06. The molecule has 2 nitrogen and oxygen atoms in total. The molecule has 1 aromatic heterocycles. The van der Waals surface area contributed by atoms with E-state index in [-0.39, 0.29) is 5.48 Å². The standard InChI is InChI=1S/C10H12N.H2O/c1-3-8-11-9-6-5-7-10(11)4-2;/h3-7,9H,1-2,8H2;1H2/q+1;/p-1. The predicted molar refractivity (Wildman–Crippen MR) is 48.9 cm³/mol. The average molecular weight is 163 g/mol. The van der Waals surface area contributed by atoms with Crippen LogP contribution in [0.15, 0.2) is 43.6 Å². The molecule has 0 unspecified atom stereocenters. The summed E-state index contributed by atoms with van der Waals surface area (Å²) in [6, 6.07) is 6.02. The van der Waals surface area contributed by atoms with Crippen molar-refractivity contribution in [1.29, 1.82) is 0 Å². The molecule has 0 bridgehead atoms. The molecule has 1 rings (SSSR count). The van der Waals surface area contributed by atoms with Crippen molar-refractivity contribution < 1.29 is 10.0 Å². The molecule has 1 N–H and O–H groups in total. The summed E-state index contributed by atoms with van der Waals surface area (Å²) >= 11 is 0. The molecule has 0 amide bonds. The van der Waals surface area contributed by atoms with Crippen LogP contribution >= 0.6 is 0 Å². The van der Waals surface area contributed by atoms with E-state index in [0.29, 0.717) is 0 Å². The lowest BCUT2D eigenvalue weighted by molar-refractivity contribution is -0.688. The molecule has 0 saturated carbocycles. The van der Waals surface area contributed by atoms with Crippen LogP contribution in [-0.4, -0.2) is 5.48 Å². The summed E-state index contributed by atoms with van der Waals surface area (Å²) in [4.78, 5) is 0. The third-order valence-corrected chi connectivity index (χ3v) is 1.51. The Morgan fingerprint density at radius 1 is 1.33 bits per heavy atom. The fourth-order valence-corrected chi connectivity index (χ4v) is 0.980. The fraction of sp³-hybridized carbons (Fsp3) is 0.100. The van der Waals surface area contributed by atoms with E-state index in [9.17, 15) is 0 Å². The van der Waals surface area contributed by atoms with Crippen molar-refractivity contribution in [3.63, 3.8) is 0 Å². The van der Waals surface area contributed by atoms with Crippen LogP contribution < -0.4 is 4.57 Å². The Balaban J connectivity index is 0.00000121. The molecule has 0 aliphatic rings. The van der Waals surface area contributed by atoms with Gasteiger partial charge in [-0.3, -0.25) is 0 Å². The predicted octanol–water partition coefficient (Wildman–Crippen LogP) is 1.63. The Kier molecular flexibility index (Phi) is 4.65. The van der Waals surface area contributed by atoms with E-state index in [1.807, 2.05) is 36.5 Å². The van der Waals surface area contributed by atoms with Crippen LogP contribution in [0.3, 0.4) is 0 Å². The fourth-order valence-electron chi connectivity index (χ4n) is 0.980. The van der Waals surface area contributed by atoms with Gasteiger partial charge in [0.05, 0.1) is 0 Å². The first-order valence-electron chi connectivity index (χ1n) is 3.60. The Hall–Kier alpha value is -1.41. The second kappa shape index (κ2) is 5.27. The lowest BCUT2D eigenvalue weighted by atomic mass is 10.3. The molecular weight excluding hydrogens is 150 g/mol. The van der Waals surface area contributed by atoms with Gasteiger partial charge in [0.25, 0.3) is 0 Å². The maximum atomic E-state index is 3.72. The second-order valence-electron chi connectivity index (χ2n) is 2.27. The van der Waals surface area contributed by atoms with Gasteiger partial charge in [0.15, 0.2) is 12.7 Å². The van der Waals surface area contributed by atoms with Gasteiger partial charge >= 0.3 is 0 Å². The van der Waals surface area contributed by atoms with Gasteiger partial charge in [-0.25, -0.2) is 0 Å². The van der Waals surface area contributed by atoms with Crippen LogP contribution in [0.1, 0.15) is 5.69 Å². The highest BCUT2D eigenvalue weighted by atomic mass is 16.0. The molecule has 0 fully saturated rings. The van der Waals surface area contributed by atoms with Crippen molar-refractivity contribution >= 4 is 6.08 Å². The summed E-state index contributed by atoms with van der Waals surface area (Å²) in [6.45, 7) is 8.23. The number of hydrogen-bond donors (Lipinski definition) is 0. The molecular formula is C10H13NO. The monoisotopic (exact) mass is 163 g/mol. The van der Waals surface area contributed by atoms with E-state index in [4.69, 9.17) is 0 Å². The van der Waals surface area contributed by atoms with Gasteiger partial charge in [-0.15, -0.1) is 0 Å². The Bertz CT molecular complexity index is 268. The largest absolute Gasteiger partial charge is 0.870 e. The summed E-state index contributed by atoms with van der Waals surface area (Å²) in [7, 11) is 0. The molecule has 0 aliphatic carbocycles.